The molecule has 0 saturated heterocycles. The molecule has 150 valence electrons. The molecule has 0 radical (unpaired) electrons. The maximum Gasteiger partial charge on any atom is 0.247 e. The average Bonchev–Trinajstić information content (AvgIpc) is 3.11. The quantitative estimate of drug-likeness (QED) is 0.245. The van der Waals surface area contributed by atoms with Gasteiger partial charge in [-0.2, -0.15) is 9.97 Å². The van der Waals surface area contributed by atoms with Crippen LogP contribution in [-0.2, 0) is 24.5 Å². The van der Waals surface area contributed by atoms with E-state index in [1.807, 2.05) is 28.8 Å². The highest BCUT2D eigenvalue weighted by Crippen LogP contribution is 2.23. The molecule has 0 aliphatic heterocycles. The summed E-state index contributed by atoms with van der Waals surface area (Å²) in [6.45, 7) is 3.23. The van der Waals surface area contributed by atoms with Gasteiger partial charge in [0, 0.05) is 31.5 Å². The number of nitrogen functional groups attached to an aromatic ring is 1. The summed E-state index contributed by atoms with van der Waals surface area (Å²) in [5, 5.41) is 6.27. The Balaban J connectivity index is 1.69. The molecule has 11 heteroatoms. The van der Waals surface area contributed by atoms with E-state index in [2.05, 4.69) is 30.3 Å². The second kappa shape index (κ2) is 9.38. The van der Waals surface area contributed by atoms with Crippen LogP contribution in [0.25, 0.3) is 21.6 Å². The third-order valence-electron chi connectivity index (χ3n) is 4.11. The topological polar surface area (TPSA) is 157 Å². The van der Waals surface area contributed by atoms with Crippen molar-refractivity contribution < 1.29 is 9.53 Å². The number of imidazole rings is 1. The Morgan fingerprint density at radius 3 is 2.79 bits per heavy atom. The summed E-state index contributed by atoms with van der Waals surface area (Å²) >= 11 is 0. The molecule has 0 saturated carbocycles. The standard InChI is InChI=1S/C18H21N9O2/c1-12(28)21-9-13-3-5-14(6-4-13)10-29-17-15-16(24-18(19)25-17)27(11-22-15)8-2-7-23-26-20/h3-6,11H,2,7-10H2,1H3,(H,21,28)(H2,19,24,25). The van der Waals surface area contributed by atoms with Crippen LogP contribution in [0.1, 0.15) is 24.5 Å². The monoisotopic (exact) mass is 395 g/mol. The Morgan fingerprint density at radius 2 is 2.07 bits per heavy atom. The molecule has 1 amide bonds. The van der Waals surface area contributed by atoms with Crippen molar-refractivity contribution in [1.82, 2.24) is 24.8 Å². The van der Waals surface area contributed by atoms with E-state index in [1.165, 1.54) is 6.92 Å². The predicted octanol–water partition coefficient (Wildman–Crippen LogP) is 2.32. The number of benzene rings is 1. The molecule has 0 aliphatic carbocycles. The maximum atomic E-state index is 11.0. The number of carbonyl (C=O) groups excluding carboxylic acids is 1. The molecule has 2 heterocycles. The van der Waals surface area contributed by atoms with E-state index in [9.17, 15) is 4.79 Å². The Morgan fingerprint density at radius 1 is 1.31 bits per heavy atom. The smallest absolute Gasteiger partial charge is 0.247 e. The van der Waals surface area contributed by atoms with Gasteiger partial charge in [0.1, 0.15) is 6.61 Å². The molecule has 3 rings (SSSR count). The van der Waals surface area contributed by atoms with Crippen LogP contribution >= 0.6 is 0 Å². The second-order valence-electron chi connectivity index (χ2n) is 6.32. The van der Waals surface area contributed by atoms with Gasteiger partial charge in [-0.1, -0.05) is 29.4 Å². The van der Waals surface area contributed by atoms with Gasteiger partial charge in [-0.05, 0) is 23.1 Å². The van der Waals surface area contributed by atoms with E-state index in [0.717, 1.165) is 11.1 Å². The van der Waals surface area contributed by atoms with Crippen LogP contribution in [0.3, 0.4) is 0 Å². The minimum absolute atomic E-state index is 0.0694. The van der Waals surface area contributed by atoms with Crippen LogP contribution in [0.2, 0.25) is 0 Å². The van der Waals surface area contributed by atoms with E-state index >= 15 is 0 Å². The summed E-state index contributed by atoms with van der Waals surface area (Å²) < 4.78 is 7.66. The molecule has 2 aromatic heterocycles. The summed E-state index contributed by atoms with van der Waals surface area (Å²) in [5.41, 5.74) is 17.2. The van der Waals surface area contributed by atoms with Crippen molar-refractivity contribution in [3.63, 3.8) is 0 Å². The molecule has 0 fully saturated rings. The Labute approximate surface area is 166 Å². The van der Waals surface area contributed by atoms with Crippen LogP contribution in [0, 0.1) is 0 Å². The normalized spacial score (nSPS) is 10.5. The van der Waals surface area contributed by atoms with Gasteiger partial charge in [0.25, 0.3) is 0 Å². The first kappa shape index (κ1) is 19.9. The van der Waals surface area contributed by atoms with Gasteiger partial charge in [0.15, 0.2) is 11.2 Å². The summed E-state index contributed by atoms with van der Waals surface area (Å²) in [6, 6.07) is 7.70. The number of fused-ring (bicyclic) bond motifs is 1. The number of nitrogens with two attached hydrogens (primary N) is 1. The van der Waals surface area contributed by atoms with Gasteiger partial charge in [-0.25, -0.2) is 4.98 Å². The molecule has 29 heavy (non-hydrogen) atoms. The lowest BCUT2D eigenvalue weighted by molar-refractivity contribution is -0.119. The molecule has 3 N–H and O–H groups in total. The van der Waals surface area contributed by atoms with E-state index in [-0.39, 0.29) is 18.5 Å². The first-order chi connectivity index (χ1) is 14.1. The predicted molar refractivity (Wildman–Crippen MR) is 107 cm³/mol. The van der Waals surface area contributed by atoms with E-state index in [1.54, 1.807) is 6.33 Å². The number of hydrogen-bond donors (Lipinski definition) is 2. The van der Waals surface area contributed by atoms with Crippen molar-refractivity contribution in [3.05, 3.63) is 52.2 Å². The van der Waals surface area contributed by atoms with Crippen molar-refractivity contribution in [3.8, 4) is 5.88 Å². The fraction of sp³-hybridized carbons (Fsp3) is 0.333. The number of anilines is 1. The number of aryl methyl sites for hydroxylation is 1. The lowest BCUT2D eigenvalue weighted by atomic mass is 10.1. The van der Waals surface area contributed by atoms with Crippen LogP contribution in [0.5, 0.6) is 5.88 Å². The highest BCUT2D eigenvalue weighted by Gasteiger charge is 2.13. The summed E-state index contributed by atoms with van der Waals surface area (Å²) in [7, 11) is 0. The Hall–Kier alpha value is -3.85. The minimum Gasteiger partial charge on any atom is -0.471 e. The molecule has 0 aliphatic rings. The van der Waals surface area contributed by atoms with Gasteiger partial charge in [-0.3, -0.25) is 4.79 Å². The zero-order valence-corrected chi connectivity index (χ0v) is 15.9. The third kappa shape index (κ3) is 5.33. The molecule has 11 nitrogen and oxygen atoms in total. The number of ether oxygens (including phenoxy) is 1. The van der Waals surface area contributed by atoms with E-state index in [4.69, 9.17) is 16.0 Å². The van der Waals surface area contributed by atoms with Gasteiger partial charge >= 0.3 is 0 Å². The van der Waals surface area contributed by atoms with Gasteiger partial charge < -0.3 is 20.4 Å². The summed E-state index contributed by atoms with van der Waals surface area (Å²) in [6.07, 6.45) is 2.29. The van der Waals surface area contributed by atoms with Crippen molar-refractivity contribution in [1.29, 1.82) is 0 Å². The lowest BCUT2D eigenvalue weighted by Gasteiger charge is -2.08. The minimum atomic E-state index is -0.0694. The number of aromatic nitrogens is 4. The summed E-state index contributed by atoms with van der Waals surface area (Å²) in [5.74, 6) is 0.332. The molecular weight excluding hydrogens is 374 g/mol. The molecule has 3 aromatic rings. The fourth-order valence-corrected chi connectivity index (χ4v) is 2.69. The maximum absolute atomic E-state index is 11.0. The highest BCUT2D eigenvalue weighted by molar-refractivity contribution is 5.77. The van der Waals surface area contributed by atoms with Crippen LogP contribution in [0.4, 0.5) is 5.95 Å². The highest BCUT2D eigenvalue weighted by atomic mass is 16.5. The number of nitrogens with zero attached hydrogens (tertiary/aromatic N) is 7. The SMILES string of the molecule is CC(=O)NCc1ccc(COc2nc(N)nc3c2ncn3CCCN=[N+]=[N-])cc1. The number of amides is 1. The molecule has 0 unspecified atom stereocenters. The van der Waals surface area contributed by atoms with Gasteiger partial charge in [0.2, 0.25) is 17.7 Å². The molecular formula is C18H21N9O2. The average molecular weight is 395 g/mol. The van der Waals surface area contributed by atoms with Crippen molar-refractivity contribution in [2.45, 2.75) is 33.0 Å². The first-order valence-electron chi connectivity index (χ1n) is 9.01. The summed E-state index contributed by atoms with van der Waals surface area (Å²) in [4.78, 5) is 26.5. The number of carbonyl (C=O) groups is 1. The molecule has 0 atom stereocenters. The fourth-order valence-electron chi connectivity index (χ4n) is 2.69. The second-order valence-corrected chi connectivity index (χ2v) is 6.32. The zero-order chi connectivity index (χ0) is 20.6. The molecule has 0 bridgehead atoms. The molecule has 0 spiro atoms. The Kier molecular flexibility index (Phi) is 6.43. The Bertz CT molecular complexity index is 1040. The van der Waals surface area contributed by atoms with E-state index < -0.39 is 0 Å². The van der Waals surface area contributed by atoms with Crippen molar-refractivity contribution in [2.24, 2.45) is 5.11 Å². The van der Waals surface area contributed by atoms with Crippen LogP contribution < -0.4 is 15.8 Å². The number of azide groups is 1. The van der Waals surface area contributed by atoms with Crippen LogP contribution in [0.15, 0.2) is 35.7 Å². The first-order valence-corrected chi connectivity index (χ1v) is 9.01. The van der Waals surface area contributed by atoms with Gasteiger partial charge in [0.05, 0.1) is 6.33 Å². The number of hydrogen-bond acceptors (Lipinski definition) is 7. The molecule has 1 aromatic carbocycles. The van der Waals surface area contributed by atoms with Crippen molar-refractivity contribution in [2.75, 3.05) is 12.3 Å². The third-order valence-corrected chi connectivity index (χ3v) is 4.11. The van der Waals surface area contributed by atoms with Crippen molar-refractivity contribution >= 4 is 23.0 Å². The zero-order valence-electron chi connectivity index (χ0n) is 15.9. The lowest BCUT2D eigenvalue weighted by Crippen LogP contribution is -2.18. The van der Waals surface area contributed by atoms with Crippen LogP contribution in [-0.4, -0.2) is 32.0 Å². The van der Waals surface area contributed by atoms with Gasteiger partial charge in [-0.15, -0.1) is 0 Å². The number of rotatable bonds is 9. The number of nitrogens with one attached hydrogen (secondary N) is 1. The van der Waals surface area contributed by atoms with E-state index in [0.29, 0.717) is 43.1 Å². The largest absolute Gasteiger partial charge is 0.471 e.